The third-order valence-electron chi connectivity index (χ3n) is 4.56. The number of nitrogens with one attached hydrogen (secondary N) is 1. The van der Waals surface area contributed by atoms with Crippen molar-refractivity contribution < 1.29 is 9.53 Å². The zero-order chi connectivity index (χ0) is 18.7. The third kappa shape index (κ3) is 4.29. The molecule has 0 spiro atoms. The fourth-order valence-corrected chi connectivity index (χ4v) is 3.40. The van der Waals surface area contributed by atoms with Crippen molar-refractivity contribution >= 4 is 11.7 Å². The standard InChI is InChI=1S/C19H24N4O3/c1-13-8-16(9-14(2)19(13)26-15(3)24)12-22-4-6-23(7-5-22)17-10-18(25)21-20-11-17/h8-11H,4-7,12H2,1-3H3,(H,21,25). The van der Waals surface area contributed by atoms with Gasteiger partial charge in [-0.15, -0.1) is 0 Å². The molecule has 0 radical (unpaired) electrons. The van der Waals surface area contributed by atoms with Crippen LogP contribution in [0.5, 0.6) is 5.75 Å². The second kappa shape index (κ2) is 7.70. The third-order valence-corrected chi connectivity index (χ3v) is 4.56. The highest BCUT2D eigenvalue weighted by Crippen LogP contribution is 2.26. The van der Waals surface area contributed by atoms with Crippen molar-refractivity contribution in [3.05, 3.63) is 51.4 Å². The Morgan fingerprint density at radius 1 is 1.15 bits per heavy atom. The zero-order valence-electron chi connectivity index (χ0n) is 15.4. The number of aromatic nitrogens is 2. The number of anilines is 1. The van der Waals surface area contributed by atoms with Crippen molar-refractivity contribution in [1.29, 1.82) is 0 Å². The molecule has 138 valence electrons. The van der Waals surface area contributed by atoms with Gasteiger partial charge in [0.15, 0.2) is 0 Å². The van der Waals surface area contributed by atoms with Gasteiger partial charge in [-0.05, 0) is 30.5 Å². The highest BCUT2D eigenvalue weighted by Gasteiger charge is 2.18. The predicted molar refractivity (Wildman–Crippen MR) is 99.6 cm³/mol. The highest BCUT2D eigenvalue weighted by atomic mass is 16.5. The van der Waals surface area contributed by atoms with Crippen LogP contribution < -0.4 is 15.2 Å². The number of benzene rings is 1. The summed E-state index contributed by atoms with van der Waals surface area (Å²) in [5.74, 6) is 0.363. The van der Waals surface area contributed by atoms with E-state index in [-0.39, 0.29) is 11.5 Å². The van der Waals surface area contributed by atoms with Crippen LogP contribution in [-0.4, -0.2) is 47.2 Å². The quantitative estimate of drug-likeness (QED) is 0.663. The molecule has 1 saturated heterocycles. The molecular formula is C19H24N4O3. The molecule has 0 amide bonds. The molecule has 1 aliphatic heterocycles. The number of carbonyl (C=O) groups excluding carboxylic acids is 1. The van der Waals surface area contributed by atoms with Gasteiger partial charge in [0.25, 0.3) is 5.56 Å². The molecule has 0 aliphatic carbocycles. The summed E-state index contributed by atoms with van der Waals surface area (Å²) in [4.78, 5) is 27.2. The van der Waals surface area contributed by atoms with Crippen molar-refractivity contribution in [3.8, 4) is 5.75 Å². The molecule has 0 bridgehead atoms. The van der Waals surface area contributed by atoms with Crippen LogP contribution >= 0.6 is 0 Å². The molecule has 2 aromatic rings. The van der Waals surface area contributed by atoms with Crippen LogP contribution in [0.2, 0.25) is 0 Å². The van der Waals surface area contributed by atoms with Crippen molar-refractivity contribution in [1.82, 2.24) is 15.1 Å². The molecule has 0 unspecified atom stereocenters. The number of carbonyl (C=O) groups is 1. The van der Waals surface area contributed by atoms with Crippen LogP contribution in [0.25, 0.3) is 0 Å². The summed E-state index contributed by atoms with van der Waals surface area (Å²) in [6.07, 6.45) is 1.69. The van der Waals surface area contributed by atoms with Gasteiger partial charge in [-0.1, -0.05) is 12.1 Å². The smallest absolute Gasteiger partial charge is 0.308 e. The van der Waals surface area contributed by atoms with Gasteiger partial charge < -0.3 is 9.64 Å². The van der Waals surface area contributed by atoms with Crippen LogP contribution in [0.15, 0.2) is 29.2 Å². The van der Waals surface area contributed by atoms with Gasteiger partial charge in [0.05, 0.1) is 11.9 Å². The monoisotopic (exact) mass is 356 g/mol. The van der Waals surface area contributed by atoms with Gasteiger partial charge in [-0.25, -0.2) is 5.10 Å². The van der Waals surface area contributed by atoms with E-state index in [0.29, 0.717) is 5.75 Å². The lowest BCUT2D eigenvalue weighted by Gasteiger charge is -2.35. The van der Waals surface area contributed by atoms with E-state index >= 15 is 0 Å². The summed E-state index contributed by atoms with van der Waals surface area (Å²) in [5.41, 5.74) is 3.85. The molecule has 7 nitrogen and oxygen atoms in total. The summed E-state index contributed by atoms with van der Waals surface area (Å²) in [6.45, 7) is 9.74. The molecule has 1 aromatic heterocycles. The molecule has 3 rings (SSSR count). The fourth-order valence-electron chi connectivity index (χ4n) is 3.40. The lowest BCUT2D eigenvalue weighted by atomic mass is 10.0. The first-order chi connectivity index (χ1) is 12.4. The molecule has 1 aromatic carbocycles. The fraction of sp³-hybridized carbons (Fsp3) is 0.421. The summed E-state index contributed by atoms with van der Waals surface area (Å²) >= 11 is 0. The first kappa shape index (κ1) is 18.1. The molecule has 1 N–H and O–H groups in total. The first-order valence-electron chi connectivity index (χ1n) is 8.73. The van der Waals surface area contributed by atoms with E-state index in [1.807, 2.05) is 13.8 Å². The van der Waals surface area contributed by atoms with Crippen LogP contribution in [0.4, 0.5) is 5.69 Å². The predicted octanol–water partition coefficient (Wildman–Crippen LogP) is 1.63. The number of nitrogens with zero attached hydrogens (tertiary/aromatic N) is 3. The maximum absolute atomic E-state index is 11.4. The Labute approximate surface area is 152 Å². The Hall–Kier alpha value is -2.67. The van der Waals surface area contributed by atoms with Gasteiger partial charge in [0, 0.05) is 45.7 Å². The summed E-state index contributed by atoms with van der Waals surface area (Å²) in [5, 5.41) is 6.27. The molecule has 2 heterocycles. The van der Waals surface area contributed by atoms with E-state index in [1.54, 1.807) is 12.3 Å². The molecule has 1 fully saturated rings. The van der Waals surface area contributed by atoms with E-state index in [4.69, 9.17) is 4.74 Å². The Kier molecular flexibility index (Phi) is 5.37. The number of rotatable bonds is 4. The van der Waals surface area contributed by atoms with Crippen LogP contribution in [0, 0.1) is 13.8 Å². The number of esters is 1. The Balaban J connectivity index is 1.63. The minimum Gasteiger partial charge on any atom is -0.426 e. The van der Waals surface area contributed by atoms with Crippen LogP contribution in [0.3, 0.4) is 0 Å². The number of ether oxygens (including phenoxy) is 1. The molecule has 0 atom stereocenters. The normalized spacial score (nSPS) is 15.1. The summed E-state index contributed by atoms with van der Waals surface area (Å²) in [7, 11) is 0. The molecule has 7 heteroatoms. The Morgan fingerprint density at radius 2 is 1.81 bits per heavy atom. The minimum absolute atomic E-state index is 0.177. The van der Waals surface area contributed by atoms with E-state index in [2.05, 4.69) is 32.1 Å². The maximum Gasteiger partial charge on any atom is 0.308 e. The van der Waals surface area contributed by atoms with Crippen molar-refractivity contribution in [2.45, 2.75) is 27.3 Å². The van der Waals surface area contributed by atoms with Gasteiger partial charge in [-0.3, -0.25) is 14.5 Å². The zero-order valence-corrected chi connectivity index (χ0v) is 15.4. The summed E-state index contributed by atoms with van der Waals surface area (Å²) in [6, 6.07) is 5.75. The van der Waals surface area contributed by atoms with E-state index < -0.39 is 0 Å². The van der Waals surface area contributed by atoms with E-state index in [9.17, 15) is 9.59 Å². The Bertz CT molecular complexity index is 831. The number of hydrogen-bond donors (Lipinski definition) is 1. The summed E-state index contributed by atoms with van der Waals surface area (Å²) < 4.78 is 5.30. The molecular weight excluding hydrogens is 332 g/mol. The van der Waals surface area contributed by atoms with Gasteiger partial charge >= 0.3 is 5.97 Å². The number of piperazine rings is 1. The van der Waals surface area contributed by atoms with Crippen LogP contribution in [0.1, 0.15) is 23.6 Å². The van der Waals surface area contributed by atoms with Crippen molar-refractivity contribution in [2.75, 3.05) is 31.1 Å². The van der Waals surface area contributed by atoms with E-state index in [0.717, 1.165) is 49.5 Å². The van der Waals surface area contributed by atoms with Crippen molar-refractivity contribution in [3.63, 3.8) is 0 Å². The molecule has 26 heavy (non-hydrogen) atoms. The SMILES string of the molecule is CC(=O)Oc1c(C)cc(CN2CCN(c3cn[nH]c(=O)c3)CC2)cc1C. The van der Waals surface area contributed by atoms with E-state index in [1.165, 1.54) is 12.5 Å². The van der Waals surface area contributed by atoms with Gasteiger partial charge in [0.2, 0.25) is 0 Å². The van der Waals surface area contributed by atoms with Crippen molar-refractivity contribution in [2.24, 2.45) is 0 Å². The average Bonchev–Trinajstić information content (AvgIpc) is 2.59. The minimum atomic E-state index is -0.297. The second-order valence-electron chi connectivity index (χ2n) is 6.72. The largest absolute Gasteiger partial charge is 0.426 e. The number of aromatic amines is 1. The average molecular weight is 356 g/mol. The Morgan fingerprint density at radius 3 is 2.38 bits per heavy atom. The number of H-pyrrole nitrogens is 1. The lowest BCUT2D eigenvalue weighted by molar-refractivity contribution is -0.131. The van der Waals surface area contributed by atoms with Gasteiger partial charge in [0.1, 0.15) is 5.75 Å². The first-order valence-corrected chi connectivity index (χ1v) is 8.73. The molecule has 0 saturated carbocycles. The number of hydrogen-bond acceptors (Lipinski definition) is 6. The second-order valence-corrected chi connectivity index (χ2v) is 6.72. The van der Waals surface area contributed by atoms with Crippen LogP contribution in [-0.2, 0) is 11.3 Å². The maximum atomic E-state index is 11.4. The highest BCUT2D eigenvalue weighted by molar-refractivity contribution is 5.70. The number of aryl methyl sites for hydroxylation is 2. The lowest BCUT2D eigenvalue weighted by Crippen LogP contribution is -2.46. The van der Waals surface area contributed by atoms with Gasteiger partial charge in [-0.2, -0.15) is 5.10 Å². The topological polar surface area (TPSA) is 78.5 Å². The molecule has 1 aliphatic rings.